The van der Waals surface area contributed by atoms with Gasteiger partial charge in [0.05, 0.1) is 17.1 Å². The van der Waals surface area contributed by atoms with Gasteiger partial charge in [-0.3, -0.25) is 23.7 Å². The Labute approximate surface area is 258 Å². The zero-order valence-corrected chi connectivity index (χ0v) is 25.5. The van der Waals surface area contributed by atoms with E-state index in [0.29, 0.717) is 36.3 Å². The zero-order valence-electron chi connectivity index (χ0n) is 24.7. The Morgan fingerprint density at radius 3 is 2.59 bits per heavy atom. The van der Waals surface area contributed by atoms with Crippen LogP contribution >= 0.6 is 11.6 Å². The van der Waals surface area contributed by atoms with Gasteiger partial charge in [-0.15, -0.1) is 0 Å². The van der Waals surface area contributed by atoms with Crippen LogP contribution < -0.4 is 17.0 Å². The van der Waals surface area contributed by atoms with Crippen molar-refractivity contribution in [2.75, 3.05) is 13.1 Å². The van der Waals surface area contributed by atoms with Gasteiger partial charge in [0, 0.05) is 30.6 Å². The second-order valence-electron chi connectivity index (χ2n) is 12.8. The number of fused-ring (bicyclic) bond motifs is 6. The van der Waals surface area contributed by atoms with E-state index < -0.39 is 52.7 Å². The number of esters is 1. The Bertz CT molecular complexity index is 1610. The fourth-order valence-corrected chi connectivity index (χ4v) is 7.63. The first-order valence-electron chi connectivity index (χ1n) is 15.1. The van der Waals surface area contributed by atoms with Crippen LogP contribution in [-0.2, 0) is 28.2 Å². The van der Waals surface area contributed by atoms with Gasteiger partial charge in [-0.1, -0.05) is 17.7 Å². The number of benzene rings is 1. The number of nitrogens with two attached hydrogens (primary N) is 2. The summed E-state index contributed by atoms with van der Waals surface area (Å²) < 4.78 is 20.8. The number of aromatic hydroxyl groups is 1. The molecule has 5 N–H and O–H groups in total. The third-order valence-corrected chi connectivity index (χ3v) is 9.93. The molecule has 0 radical (unpaired) electrons. The van der Waals surface area contributed by atoms with E-state index >= 15 is 0 Å². The number of nitrogens with zero attached hydrogens (tertiary/aromatic N) is 3. The summed E-state index contributed by atoms with van der Waals surface area (Å²) in [5, 5.41) is 11.2. The first-order valence-corrected chi connectivity index (χ1v) is 15.5. The molecule has 2 amide bonds. The molecule has 44 heavy (non-hydrogen) atoms. The maximum atomic E-state index is 14.3. The summed E-state index contributed by atoms with van der Waals surface area (Å²) in [5.41, 5.74) is 10.8. The summed E-state index contributed by atoms with van der Waals surface area (Å²) in [6.45, 7) is 3.83. The number of amides is 2. The topological polar surface area (TPSA) is 161 Å². The molecule has 3 heterocycles. The van der Waals surface area contributed by atoms with Crippen molar-refractivity contribution in [3.8, 4) is 5.75 Å². The Kier molecular flexibility index (Phi) is 7.74. The molecule has 1 spiro atoms. The van der Waals surface area contributed by atoms with Crippen LogP contribution in [-0.4, -0.2) is 68.5 Å². The molecule has 236 valence electrons. The molecule has 2 aliphatic carbocycles. The van der Waals surface area contributed by atoms with Crippen LogP contribution in [0.4, 0.5) is 4.39 Å². The van der Waals surface area contributed by atoms with Gasteiger partial charge < -0.3 is 31.1 Å². The minimum absolute atomic E-state index is 0.0121. The van der Waals surface area contributed by atoms with Crippen LogP contribution in [0.2, 0.25) is 5.02 Å². The van der Waals surface area contributed by atoms with E-state index in [-0.39, 0.29) is 54.3 Å². The summed E-state index contributed by atoms with van der Waals surface area (Å²) in [6, 6.07) is 3.19. The van der Waals surface area contributed by atoms with Crippen LogP contribution in [0.15, 0.2) is 23.0 Å². The lowest BCUT2D eigenvalue weighted by Crippen LogP contribution is -2.53. The lowest BCUT2D eigenvalue weighted by atomic mass is 9.95. The van der Waals surface area contributed by atoms with Crippen molar-refractivity contribution in [2.24, 2.45) is 23.3 Å². The quantitative estimate of drug-likeness (QED) is 0.357. The van der Waals surface area contributed by atoms with Gasteiger partial charge in [-0.2, -0.15) is 0 Å². The summed E-state index contributed by atoms with van der Waals surface area (Å²) >= 11 is 5.92. The summed E-state index contributed by atoms with van der Waals surface area (Å²) in [7, 11) is 0. The lowest BCUT2D eigenvalue weighted by Gasteiger charge is -2.39. The zero-order chi connectivity index (χ0) is 31.7. The first-order chi connectivity index (χ1) is 20.8. The molecule has 0 bridgehead atoms. The van der Waals surface area contributed by atoms with Gasteiger partial charge in [0.25, 0.3) is 17.4 Å². The molecule has 11 nitrogen and oxygen atoms in total. The van der Waals surface area contributed by atoms with Crippen LogP contribution in [0, 0.1) is 17.7 Å². The van der Waals surface area contributed by atoms with Crippen molar-refractivity contribution >= 4 is 29.4 Å². The Morgan fingerprint density at radius 2 is 1.95 bits per heavy atom. The van der Waals surface area contributed by atoms with E-state index in [1.54, 1.807) is 11.8 Å². The van der Waals surface area contributed by atoms with E-state index in [4.69, 9.17) is 27.8 Å². The van der Waals surface area contributed by atoms with Gasteiger partial charge in [0.1, 0.15) is 29.3 Å². The number of carbonyl (C=O) groups is 3. The van der Waals surface area contributed by atoms with E-state index in [9.17, 15) is 28.7 Å². The third kappa shape index (κ3) is 4.87. The average molecular weight is 630 g/mol. The van der Waals surface area contributed by atoms with Gasteiger partial charge in [-0.25, -0.2) is 4.39 Å². The number of rotatable bonds is 9. The molecule has 6 atom stereocenters. The molecule has 1 unspecified atom stereocenters. The van der Waals surface area contributed by atoms with Crippen LogP contribution in [0.25, 0.3) is 0 Å². The normalized spacial score (nSPS) is 25.5. The number of hydrogen-bond acceptors (Lipinski definition) is 8. The number of pyridine rings is 1. The maximum absolute atomic E-state index is 14.3. The summed E-state index contributed by atoms with van der Waals surface area (Å²) in [6.07, 6.45) is 2.57. The fraction of sp³-hybridized carbons (Fsp3) is 0.548. The highest BCUT2D eigenvalue weighted by Gasteiger charge is 2.67. The predicted octanol–water partition coefficient (Wildman–Crippen LogP) is 2.47. The third-order valence-electron chi connectivity index (χ3n) is 9.64. The molecule has 2 saturated carbocycles. The number of hydrogen-bond donors (Lipinski definition) is 3. The van der Waals surface area contributed by atoms with Crippen LogP contribution in [0.1, 0.15) is 77.9 Å². The number of halogens is 2. The molecule has 13 heteroatoms. The largest absolute Gasteiger partial charge is 0.502 e. The monoisotopic (exact) mass is 629 g/mol. The lowest BCUT2D eigenvalue weighted by molar-refractivity contribution is -0.151. The van der Waals surface area contributed by atoms with Crippen molar-refractivity contribution in [3.05, 3.63) is 61.8 Å². The van der Waals surface area contributed by atoms with E-state index in [1.165, 1.54) is 27.7 Å². The SMILES string of the molecule is CC(N)CC[C@H](N)C(=O)O[C@@H](C)CN1C(=O)c2c3c(c(O)c(=O)n2[C@@]12CC[C@H]1C[C@H]12)C(=O)N(Cc1ccc(F)c(Cl)c1)CC3. The van der Waals surface area contributed by atoms with Gasteiger partial charge in [-0.05, 0) is 76.0 Å². The van der Waals surface area contributed by atoms with Gasteiger partial charge >= 0.3 is 5.97 Å². The Hall–Kier alpha value is -3.48. The molecular formula is C31H37ClFN5O6. The number of carbonyl (C=O) groups excluding carboxylic acids is 3. The maximum Gasteiger partial charge on any atom is 0.323 e. The highest BCUT2D eigenvalue weighted by atomic mass is 35.5. The minimum Gasteiger partial charge on any atom is -0.502 e. The highest BCUT2D eigenvalue weighted by Crippen LogP contribution is 2.64. The van der Waals surface area contributed by atoms with Crippen LogP contribution in [0.5, 0.6) is 5.75 Å². The number of aromatic nitrogens is 1. The molecule has 2 aliphatic heterocycles. The molecular weight excluding hydrogens is 593 g/mol. The van der Waals surface area contributed by atoms with Crippen molar-refractivity contribution in [2.45, 2.75) is 82.8 Å². The molecule has 1 aromatic heterocycles. The van der Waals surface area contributed by atoms with E-state index in [2.05, 4.69) is 0 Å². The Morgan fingerprint density at radius 1 is 1.20 bits per heavy atom. The standard InChI is InChI=1S/C31H37ClFN5O6/c1-15(34)3-6-23(35)30(43)44-16(2)13-37-28(41)25-19-8-10-36(14-17-4-5-22(33)21(32)11-17)27(40)24(19)26(39)29(42)38(25)31(37)9-7-18-12-20(18)31/h4-5,11,15-16,18,20,23,39H,3,6-10,12-14,34-35H2,1-2H3/t15?,16-,18-,20+,23-,31+/m0/s1. The smallest absolute Gasteiger partial charge is 0.323 e. The van der Waals surface area contributed by atoms with E-state index in [1.807, 2.05) is 6.92 Å². The number of ether oxygens (including phenoxy) is 1. The van der Waals surface area contributed by atoms with E-state index in [0.717, 1.165) is 12.8 Å². The van der Waals surface area contributed by atoms with Crippen molar-refractivity contribution in [1.82, 2.24) is 14.4 Å². The molecule has 4 aliphatic rings. The van der Waals surface area contributed by atoms with Crippen molar-refractivity contribution in [1.29, 1.82) is 0 Å². The first kappa shape index (κ1) is 30.5. The van der Waals surface area contributed by atoms with Gasteiger partial charge in [0.2, 0.25) is 0 Å². The van der Waals surface area contributed by atoms with Crippen molar-refractivity contribution in [3.63, 3.8) is 0 Å². The van der Waals surface area contributed by atoms with Crippen LogP contribution in [0.3, 0.4) is 0 Å². The molecule has 0 saturated heterocycles. The fourth-order valence-electron chi connectivity index (χ4n) is 7.43. The summed E-state index contributed by atoms with van der Waals surface area (Å²) in [4.78, 5) is 57.6. The molecule has 6 rings (SSSR count). The van der Waals surface area contributed by atoms with Crippen molar-refractivity contribution < 1.29 is 28.6 Å². The predicted molar refractivity (Wildman–Crippen MR) is 158 cm³/mol. The Balaban J connectivity index is 1.31. The van der Waals surface area contributed by atoms with Gasteiger partial charge in [0.15, 0.2) is 5.75 Å². The molecule has 2 aromatic rings. The second kappa shape index (κ2) is 11.1. The molecule has 2 fully saturated rings. The molecule has 1 aromatic carbocycles. The summed E-state index contributed by atoms with van der Waals surface area (Å²) in [5.74, 6) is -2.53. The second-order valence-corrected chi connectivity index (χ2v) is 13.2. The minimum atomic E-state index is -1.01. The average Bonchev–Trinajstić information content (AvgIpc) is 3.62. The highest BCUT2D eigenvalue weighted by molar-refractivity contribution is 6.30.